The zero-order valence-corrected chi connectivity index (χ0v) is 11.2. The van der Waals surface area contributed by atoms with Crippen molar-refractivity contribution >= 4 is 22.7 Å². The normalized spacial score (nSPS) is 10.2. The zero-order valence-electron chi connectivity index (χ0n) is 11.2. The van der Waals surface area contributed by atoms with Crippen LogP contribution in [0.2, 0.25) is 0 Å². The van der Waals surface area contributed by atoms with E-state index in [0.29, 0.717) is 5.75 Å². The van der Waals surface area contributed by atoms with E-state index in [0.717, 1.165) is 10.9 Å². The largest absolute Gasteiger partial charge is 0.485 e. The van der Waals surface area contributed by atoms with Crippen LogP contribution < -0.4 is 4.74 Å². The minimum atomic E-state index is -0.527. The summed E-state index contributed by atoms with van der Waals surface area (Å²) in [5.74, 6) is -0.266. The second kappa shape index (κ2) is 6.65. The van der Waals surface area contributed by atoms with E-state index < -0.39 is 5.97 Å². The number of carbonyl (C=O) groups is 2. The van der Waals surface area contributed by atoms with Gasteiger partial charge in [0.05, 0.1) is 12.1 Å². The molecule has 0 saturated heterocycles. The third kappa shape index (κ3) is 3.54. The topological polar surface area (TPSA) is 65.5 Å². The van der Waals surface area contributed by atoms with Gasteiger partial charge in [0.2, 0.25) is 0 Å². The average molecular weight is 273 g/mol. The Morgan fingerprint density at radius 2 is 2.05 bits per heavy atom. The van der Waals surface area contributed by atoms with Crippen LogP contribution in [0.5, 0.6) is 5.75 Å². The number of benzene rings is 1. The zero-order chi connectivity index (χ0) is 14.4. The lowest BCUT2D eigenvalue weighted by Crippen LogP contribution is -2.17. The summed E-state index contributed by atoms with van der Waals surface area (Å²) < 4.78 is 10.2. The molecule has 0 fully saturated rings. The van der Waals surface area contributed by atoms with Crippen molar-refractivity contribution in [3.63, 3.8) is 0 Å². The van der Waals surface area contributed by atoms with Crippen molar-refractivity contribution < 1.29 is 19.1 Å². The van der Waals surface area contributed by atoms with Crippen LogP contribution in [0, 0.1) is 0 Å². The van der Waals surface area contributed by atoms with E-state index in [-0.39, 0.29) is 25.4 Å². The summed E-state index contributed by atoms with van der Waals surface area (Å²) in [6, 6.07) is 9.11. The van der Waals surface area contributed by atoms with E-state index >= 15 is 0 Å². The Bertz CT molecular complexity index is 619. The number of Topliss-reactive ketones (excluding diaryl/α,β-unsaturated/α-hetero) is 1. The molecule has 20 heavy (non-hydrogen) atoms. The number of hydrogen-bond donors (Lipinski definition) is 0. The summed E-state index contributed by atoms with van der Waals surface area (Å²) >= 11 is 0. The number of aromatic nitrogens is 1. The van der Waals surface area contributed by atoms with Crippen LogP contribution in [0.4, 0.5) is 0 Å². The molecule has 0 amide bonds. The molecule has 1 heterocycles. The van der Waals surface area contributed by atoms with Crippen LogP contribution in [0.1, 0.15) is 13.3 Å². The van der Waals surface area contributed by atoms with Crippen LogP contribution in [0.3, 0.4) is 0 Å². The molecule has 0 N–H and O–H groups in total. The van der Waals surface area contributed by atoms with Gasteiger partial charge in [0.15, 0.2) is 5.78 Å². The van der Waals surface area contributed by atoms with Crippen molar-refractivity contribution in [3.8, 4) is 5.75 Å². The highest BCUT2D eigenvalue weighted by molar-refractivity contribution is 5.96. The summed E-state index contributed by atoms with van der Waals surface area (Å²) in [6.45, 7) is 1.80. The molecule has 0 radical (unpaired) electrons. The van der Waals surface area contributed by atoms with Crippen molar-refractivity contribution in [2.45, 2.75) is 13.3 Å². The Morgan fingerprint density at radius 3 is 2.85 bits per heavy atom. The molecule has 1 aromatic heterocycles. The lowest BCUT2D eigenvalue weighted by molar-refractivity contribution is -0.145. The summed E-state index contributed by atoms with van der Waals surface area (Å²) in [6.07, 6.45) is 1.43. The summed E-state index contributed by atoms with van der Waals surface area (Å²) in [7, 11) is 0. The maximum absolute atomic E-state index is 11.6. The van der Waals surface area contributed by atoms with Crippen molar-refractivity contribution in [2.24, 2.45) is 0 Å². The molecule has 1 aromatic carbocycles. The van der Waals surface area contributed by atoms with Crippen LogP contribution in [0.15, 0.2) is 36.5 Å². The lowest BCUT2D eigenvalue weighted by atomic mass is 10.2. The number of hydrogen-bond acceptors (Lipinski definition) is 5. The maximum atomic E-state index is 11.6. The highest BCUT2D eigenvalue weighted by Crippen LogP contribution is 2.23. The van der Waals surface area contributed by atoms with Gasteiger partial charge in [0.25, 0.3) is 0 Å². The highest BCUT2D eigenvalue weighted by atomic mass is 16.5. The van der Waals surface area contributed by atoms with Gasteiger partial charge in [-0.3, -0.25) is 14.6 Å². The van der Waals surface area contributed by atoms with Crippen LogP contribution in [0.25, 0.3) is 10.9 Å². The molecule has 0 unspecified atom stereocenters. The molecule has 5 nitrogen and oxygen atoms in total. The fraction of sp³-hybridized carbons (Fsp3) is 0.267. The number of esters is 1. The van der Waals surface area contributed by atoms with E-state index in [2.05, 4.69) is 4.98 Å². The Morgan fingerprint density at radius 1 is 1.20 bits per heavy atom. The lowest BCUT2D eigenvalue weighted by Gasteiger charge is -2.08. The molecule has 2 aromatic rings. The fourth-order valence-electron chi connectivity index (χ4n) is 1.78. The minimum absolute atomic E-state index is 0.160. The maximum Gasteiger partial charge on any atom is 0.313 e. The van der Waals surface area contributed by atoms with E-state index in [4.69, 9.17) is 9.47 Å². The van der Waals surface area contributed by atoms with Crippen molar-refractivity contribution in [2.75, 3.05) is 13.2 Å². The SMILES string of the molecule is CCOC(=O)CC(=O)COc1cccc2ncccc12. The Kier molecular flexibility index (Phi) is 4.65. The van der Waals surface area contributed by atoms with Gasteiger partial charge in [0.1, 0.15) is 18.8 Å². The first kappa shape index (κ1) is 14.0. The third-order valence-corrected chi connectivity index (χ3v) is 2.64. The summed E-state index contributed by atoms with van der Waals surface area (Å²) in [5.41, 5.74) is 0.794. The van der Waals surface area contributed by atoms with Crippen molar-refractivity contribution in [1.29, 1.82) is 0 Å². The second-order valence-corrected chi connectivity index (χ2v) is 4.14. The predicted molar refractivity (Wildman–Crippen MR) is 73.5 cm³/mol. The fourth-order valence-corrected chi connectivity index (χ4v) is 1.78. The Hall–Kier alpha value is -2.43. The van der Waals surface area contributed by atoms with Crippen LogP contribution in [-0.4, -0.2) is 30.0 Å². The van der Waals surface area contributed by atoms with E-state index in [9.17, 15) is 9.59 Å². The number of ketones is 1. The predicted octanol–water partition coefficient (Wildman–Crippen LogP) is 2.14. The molecular formula is C15H15NO4. The van der Waals surface area contributed by atoms with Crippen LogP contribution in [-0.2, 0) is 14.3 Å². The number of nitrogens with zero attached hydrogens (tertiary/aromatic N) is 1. The summed E-state index contributed by atoms with van der Waals surface area (Å²) in [4.78, 5) is 27.0. The molecule has 0 spiro atoms. The van der Waals surface area contributed by atoms with Crippen LogP contribution >= 0.6 is 0 Å². The van der Waals surface area contributed by atoms with E-state index in [1.165, 1.54) is 0 Å². The van der Waals surface area contributed by atoms with E-state index in [1.54, 1.807) is 31.3 Å². The van der Waals surface area contributed by atoms with Gasteiger partial charge in [-0.15, -0.1) is 0 Å². The number of carbonyl (C=O) groups excluding carboxylic acids is 2. The van der Waals surface area contributed by atoms with Gasteiger partial charge in [-0.05, 0) is 31.2 Å². The van der Waals surface area contributed by atoms with Gasteiger partial charge in [0, 0.05) is 11.6 Å². The smallest absolute Gasteiger partial charge is 0.313 e. The molecule has 0 aliphatic rings. The number of ether oxygens (including phenoxy) is 2. The molecule has 0 aliphatic heterocycles. The molecule has 0 aliphatic carbocycles. The molecule has 0 atom stereocenters. The standard InChI is InChI=1S/C15H15NO4/c1-2-19-15(18)9-11(17)10-20-14-7-3-6-13-12(14)5-4-8-16-13/h3-8H,2,9-10H2,1H3. The average Bonchev–Trinajstić information content (AvgIpc) is 2.45. The Balaban J connectivity index is 1.99. The third-order valence-electron chi connectivity index (χ3n) is 2.64. The first-order chi connectivity index (χ1) is 9.70. The molecule has 2 rings (SSSR count). The van der Waals surface area contributed by atoms with Crippen molar-refractivity contribution in [1.82, 2.24) is 4.98 Å². The monoisotopic (exact) mass is 273 g/mol. The second-order valence-electron chi connectivity index (χ2n) is 4.14. The van der Waals surface area contributed by atoms with Crippen molar-refractivity contribution in [3.05, 3.63) is 36.5 Å². The molecule has 0 bridgehead atoms. The molecular weight excluding hydrogens is 258 g/mol. The molecule has 104 valence electrons. The number of fused-ring (bicyclic) bond motifs is 1. The number of rotatable bonds is 6. The van der Waals surface area contributed by atoms with Gasteiger partial charge in [-0.2, -0.15) is 0 Å². The number of pyridine rings is 1. The Labute approximate surface area is 116 Å². The quantitative estimate of drug-likeness (QED) is 0.596. The molecule has 0 saturated carbocycles. The first-order valence-electron chi connectivity index (χ1n) is 6.34. The minimum Gasteiger partial charge on any atom is -0.485 e. The van der Waals surface area contributed by atoms with Gasteiger partial charge in [-0.25, -0.2) is 0 Å². The first-order valence-corrected chi connectivity index (χ1v) is 6.34. The van der Waals surface area contributed by atoms with Gasteiger partial charge < -0.3 is 9.47 Å². The van der Waals surface area contributed by atoms with E-state index in [1.807, 2.05) is 12.1 Å². The molecule has 5 heteroatoms. The highest BCUT2D eigenvalue weighted by Gasteiger charge is 2.11. The van der Waals surface area contributed by atoms with Gasteiger partial charge in [-0.1, -0.05) is 6.07 Å². The summed E-state index contributed by atoms with van der Waals surface area (Å²) in [5, 5.41) is 0.832. The van der Waals surface area contributed by atoms with Gasteiger partial charge >= 0.3 is 5.97 Å².